The zero-order valence-electron chi connectivity index (χ0n) is 6.40. The zero-order chi connectivity index (χ0) is 8.27. The molecule has 0 saturated carbocycles. The summed E-state index contributed by atoms with van der Waals surface area (Å²) < 4.78 is 12.8. The summed E-state index contributed by atoms with van der Waals surface area (Å²) in [6.45, 7) is 0.225. The largest absolute Gasteiger partial charge is 0.329 e. The Balaban J connectivity index is 0.00000121. The van der Waals surface area contributed by atoms with E-state index in [0.29, 0.717) is 5.56 Å². The summed E-state index contributed by atoms with van der Waals surface area (Å²) in [4.78, 5) is 3.45. The molecule has 0 fully saturated rings. The quantitative estimate of drug-likeness (QED) is 0.673. The van der Waals surface area contributed by atoms with Gasteiger partial charge in [-0.1, -0.05) is 6.07 Å². The van der Waals surface area contributed by atoms with Crippen molar-refractivity contribution in [2.24, 2.45) is 11.5 Å². The van der Waals surface area contributed by atoms with Crippen molar-refractivity contribution in [3.05, 3.63) is 29.8 Å². The summed E-state index contributed by atoms with van der Waals surface area (Å²) in [6.07, 6.45) is 1.38. The van der Waals surface area contributed by atoms with Gasteiger partial charge in [0.15, 0.2) is 0 Å². The molecule has 0 unspecified atom stereocenters. The molecule has 4 N–H and O–H groups in total. The topological polar surface area (TPSA) is 64.9 Å². The normalized spacial score (nSPS) is 11.9. The first-order valence-electron chi connectivity index (χ1n) is 3.31. The number of pyridine rings is 1. The third-order valence-electron chi connectivity index (χ3n) is 1.44. The average Bonchev–Trinajstić information content (AvgIpc) is 2.04. The van der Waals surface area contributed by atoms with Crippen LogP contribution in [-0.4, -0.2) is 11.5 Å². The lowest BCUT2D eigenvalue weighted by Crippen LogP contribution is -2.22. The average molecular weight is 192 g/mol. The van der Waals surface area contributed by atoms with Gasteiger partial charge in [-0.25, -0.2) is 4.98 Å². The van der Waals surface area contributed by atoms with Crippen LogP contribution >= 0.6 is 12.4 Å². The van der Waals surface area contributed by atoms with E-state index in [-0.39, 0.29) is 19.0 Å². The van der Waals surface area contributed by atoms with Crippen LogP contribution in [0, 0.1) is 5.95 Å². The second-order valence-electron chi connectivity index (χ2n) is 2.23. The lowest BCUT2D eigenvalue weighted by Gasteiger charge is -2.07. The molecule has 1 rings (SSSR count). The van der Waals surface area contributed by atoms with Gasteiger partial charge < -0.3 is 11.5 Å². The van der Waals surface area contributed by atoms with Crippen LogP contribution in [0.4, 0.5) is 4.39 Å². The third-order valence-corrected chi connectivity index (χ3v) is 1.44. The first-order chi connectivity index (χ1) is 5.25. The summed E-state index contributed by atoms with van der Waals surface area (Å²) in [7, 11) is 0. The number of nitrogens with zero attached hydrogens (tertiary/aromatic N) is 1. The summed E-state index contributed by atoms with van der Waals surface area (Å²) in [6, 6.07) is 2.76. The van der Waals surface area contributed by atoms with Crippen LogP contribution < -0.4 is 11.5 Å². The first kappa shape index (κ1) is 11.3. The number of aromatic nitrogens is 1. The van der Waals surface area contributed by atoms with Gasteiger partial charge in [-0.05, 0) is 6.07 Å². The molecule has 0 aliphatic heterocycles. The van der Waals surface area contributed by atoms with E-state index < -0.39 is 12.0 Å². The van der Waals surface area contributed by atoms with Crippen LogP contribution in [0.5, 0.6) is 0 Å². The molecule has 3 nitrogen and oxygen atoms in total. The second kappa shape index (κ2) is 5.03. The standard InChI is InChI=1S/C7H10FN3.ClH/c8-7-5(6(10)4-9)2-1-3-11-7;/h1-3,6H,4,9-10H2;1H/t6-;/m1./s1. The molecular formula is C7H11ClFN3. The molecule has 1 aromatic heterocycles. The molecule has 0 amide bonds. The van der Waals surface area contributed by atoms with Crippen molar-refractivity contribution in [3.8, 4) is 0 Å². The van der Waals surface area contributed by atoms with Gasteiger partial charge in [0.25, 0.3) is 0 Å². The van der Waals surface area contributed by atoms with Gasteiger partial charge in [-0.3, -0.25) is 0 Å². The van der Waals surface area contributed by atoms with Crippen LogP contribution in [0.25, 0.3) is 0 Å². The lowest BCUT2D eigenvalue weighted by molar-refractivity contribution is 0.546. The Bertz CT molecular complexity index is 244. The highest BCUT2D eigenvalue weighted by Crippen LogP contribution is 2.10. The van der Waals surface area contributed by atoms with E-state index in [1.165, 1.54) is 6.20 Å². The molecule has 0 aromatic carbocycles. The SMILES string of the molecule is Cl.NC[C@@H](N)c1cccnc1F. The molecule has 0 saturated heterocycles. The fourth-order valence-electron chi connectivity index (χ4n) is 0.802. The van der Waals surface area contributed by atoms with Crippen LogP contribution in [0.2, 0.25) is 0 Å². The van der Waals surface area contributed by atoms with Gasteiger partial charge in [0.05, 0.1) is 0 Å². The monoisotopic (exact) mass is 191 g/mol. The van der Waals surface area contributed by atoms with Gasteiger partial charge >= 0.3 is 0 Å². The van der Waals surface area contributed by atoms with Crippen molar-refractivity contribution in [1.29, 1.82) is 0 Å². The van der Waals surface area contributed by atoms with Crippen molar-refractivity contribution in [2.45, 2.75) is 6.04 Å². The Morgan fingerprint density at radius 2 is 2.25 bits per heavy atom. The van der Waals surface area contributed by atoms with Gasteiger partial charge in [-0.2, -0.15) is 4.39 Å². The van der Waals surface area contributed by atoms with Crippen molar-refractivity contribution in [2.75, 3.05) is 6.54 Å². The summed E-state index contributed by atoms with van der Waals surface area (Å²) >= 11 is 0. The summed E-state index contributed by atoms with van der Waals surface area (Å²) in [5.41, 5.74) is 11.1. The molecule has 12 heavy (non-hydrogen) atoms. The molecule has 5 heteroatoms. The molecule has 1 atom stereocenters. The van der Waals surface area contributed by atoms with E-state index in [1.54, 1.807) is 12.1 Å². The minimum absolute atomic E-state index is 0. The van der Waals surface area contributed by atoms with Gasteiger partial charge in [0, 0.05) is 24.3 Å². The molecule has 0 bridgehead atoms. The first-order valence-corrected chi connectivity index (χ1v) is 3.31. The third kappa shape index (κ3) is 2.41. The van der Waals surface area contributed by atoms with Crippen molar-refractivity contribution >= 4 is 12.4 Å². The molecule has 1 aromatic rings. The van der Waals surface area contributed by atoms with E-state index in [9.17, 15) is 4.39 Å². The highest BCUT2D eigenvalue weighted by atomic mass is 35.5. The maximum atomic E-state index is 12.8. The predicted octanol–water partition coefficient (Wildman–Crippen LogP) is 0.601. The Kier molecular flexibility index (Phi) is 4.73. The van der Waals surface area contributed by atoms with Gasteiger partial charge in [0.2, 0.25) is 5.95 Å². The minimum atomic E-state index is -0.537. The van der Waals surface area contributed by atoms with Crippen LogP contribution in [-0.2, 0) is 0 Å². The lowest BCUT2D eigenvalue weighted by atomic mass is 10.1. The fraction of sp³-hybridized carbons (Fsp3) is 0.286. The minimum Gasteiger partial charge on any atom is -0.329 e. The van der Waals surface area contributed by atoms with E-state index in [0.717, 1.165) is 0 Å². The van der Waals surface area contributed by atoms with Crippen molar-refractivity contribution in [3.63, 3.8) is 0 Å². The summed E-state index contributed by atoms with van der Waals surface area (Å²) in [5.74, 6) is -0.537. The molecule has 0 radical (unpaired) electrons. The molecule has 0 spiro atoms. The van der Waals surface area contributed by atoms with Crippen LogP contribution in [0.1, 0.15) is 11.6 Å². The molecule has 1 heterocycles. The number of rotatable bonds is 2. The second-order valence-corrected chi connectivity index (χ2v) is 2.23. The highest BCUT2D eigenvalue weighted by Gasteiger charge is 2.08. The van der Waals surface area contributed by atoms with E-state index in [1.807, 2.05) is 0 Å². The number of hydrogen-bond donors (Lipinski definition) is 2. The smallest absolute Gasteiger partial charge is 0.217 e. The Morgan fingerprint density at radius 3 is 2.75 bits per heavy atom. The maximum Gasteiger partial charge on any atom is 0.217 e. The van der Waals surface area contributed by atoms with Crippen LogP contribution in [0.15, 0.2) is 18.3 Å². The predicted molar refractivity (Wildman–Crippen MR) is 47.4 cm³/mol. The Morgan fingerprint density at radius 1 is 1.58 bits per heavy atom. The Hall–Kier alpha value is -0.710. The number of nitrogens with two attached hydrogens (primary N) is 2. The Labute approximate surface area is 76.4 Å². The highest BCUT2D eigenvalue weighted by molar-refractivity contribution is 5.85. The van der Waals surface area contributed by atoms with Gasteiger partial charge in [0.1, 0.15) is 0 Å². The summed E-state index contributed by atoms with van der Waals surface area (Å²) in [5, 5.41) is 0. The fourth-order valence-corrected chi connectivity index (χ4v) is 0.802. The number of hydrogen-bond acceptors (Lipinski definition) is 3. The molecular weight excluding hydrogens is 181 g/mol. The molecule has 68 valence electrons. The van der Waals surface area contributed by atoms with E-state index in [2.05, 4.69) is 4.98 Å². The van der Waals surface area contributed by atoms with E-state index >= 15 is 0 Å². The van der Waals surface area contributed by atoms with E-state index in [4.69, 9.17) is 11.5 Å². The van der Waals surface area contributed by atoms with Crippen LogP contribution in [0.3, 0.4) is 0 Å². The van der Waals surface area contributed by atoms with Gasteiger partial charge in [-0.15, -0.1) is 12.4 Å². The molecule has 0 aliphatic rings. The molecule has 0 aliphatic carbocycles. The van der Waals surface area contributed by atoms with Crippen molar-refractivity contribution < 1.29 is 4.39 Å². The zero-order valence-corrected chi connectivity index (χ0v) is 7.22. The van der Waals surface area contributed by atoms with Crippen molar-refractivity contribution in [1.82, 2.24) is 4.98 Å². The number of halogens is 2. The maximum absolute atomic E-state index is 12.8.